The Labute approximate surface area is 121 Å². The molecular formula is C14H32N3P2+. The summed E-state index contributed by atoms with van der Waals surface area (Å²) in [4.78, 5) is 3.28. The molecule has 0 atom stereocenters. The van der Waals surface area contributed by atoms with Crippen molar-refractivity contribution in [2.45, 2.75) is 6.42 Å². The van der Waals surface area contributed by atoms with E-state index in [1.54, 1.807) is 6.07 Å². The Hall–Kier alpha value is -0.720. The predicted molar refractivity (Wildman–Crippen MR) is 100 cm³/mol. The Balaban J connectivity index is -0.0000000964. The van der Waals surface area contributed by atoms with Gasteiger partial charge in [-0.05, 0) is 39.5 Å². The Kier molecular flexibility index (Phi) is 21.6. The summed E-state index contributed by atoms with van der Waals surface area (Å²) in [6, 6.07) is 1.69. The highest BCUT2D eigenvalue weighted by atomic mass is 31.2. The van der Waals surface area contributed by atoms with E-state index >= 15 is 0 Å². The van der Waals surface area contributed by atoms with Gasteiger partial charge in [0.2, 0.25) is 6.54 Å². The van der Waals surface area contributed by atoms with E-state index in [0.717, 1.165) is 12.6 Å². The van der Waals surface area contributed by atoms with Crippen molar-refractivity contribution in [1.29, 1.82) is 5.26 Å². The molecule has 0 fully saturated rings. The molecule has 19 heavy (non-hydrogen) atoms. The lowest BCUT2D eigenvalue weighted by molar-refractivity contribution is 1.04. The predicted octanol–water partition coefficient (Wildman–Crippen LogP) is 4.40. The number of rotatable bonds is 3. The molecule has 0 aliphatic heterocycles. The molecule has 112 valence electrons. The first kappa shape index (κ1) is 26.8. The van der Waals surface area contributed by atoms with Crippen LogP contribution in [0.4, 0.5) is 0 Å². The minimum Gasteiger partial charge on any atom is -0.369 e. The highest BCUT2D eigenvalue weighted by molar-refractivity contribution is 7.72. The van der Waals surface area contributed by atoms with Gasteiger partial charge in [0.05, 0.1) is 6.07 Å². The first-order valence-corrected chi connectivity index (χ1v) is 12.0. The normalized spacial score (nSPS) is 9.00. The van der Waals surface area contributed by atoms with Gasteiger partial charge in [-0.25, -0.2) is 6.57 Å². The molecule has 3 nitrogen and oxygen atoms in total. The van der Waals surface area contributed by atoms with Gasteiger partial charge in [-0.1, -0.05) is 6.58 Å². The van der Waals surface area contributed by atoms with Crippen LogP contribution in [0.25, 0.3) is 4.85 Å². The van der Waals surface area contributed by atoms with Crippen LogP contribution in [0, 0.1) is 17.9 Å². The maximum atomic E-state index is 7.51. The molecule has 0 aliphatic carbocycles. The maximum absolute atomic E-state index is 7.51. The third-order valence-corrected chi connectivity index (χ3v) is 2.65. The lowest BCUT2D eigenvalue weighted by Crippen LogP contribution is -1.87. The van der Waals surface area contributed by atoms with Crippen LogP contribution in [-0.4, -0.2) is 58.6 Å². The molecule has 0 aromatic rings. The quantitative estimate of drug-likeness (QED) is 0.357. The van der Waals surface area contributed by atoms with Gasteiger partial charge in [-0.3, -0.25) is 0 Å². The molecule has 0 aliphatic rings. The van der Waals surface area contributed by atoms with E-state index in [1.807, 2.05) is 0 Å². The first-order chi connectivity index (χ1) is 7.97. The zero-order valence-corrected chi connectivity index (χ0v) is 15.4. The number of hydrogen-bond acceptors (Lipinski definition) is 1. The number of quaternary nitrogens is 1. The van der Waals surface area contributed by atoms with Crippen molar-refractivity contribution in [3.63, 3.8) is 0 Å². The van der Waals surface area contributed by atoms with E-state index in [1.165, 1.54) is 6.08 Å². The van der Waals surface area contributed by atoms with Crippen molar-refractivity contribution in [3.8, 4) is 6.07 Å². The highest BCUT2D eigenvalue weighted by Gasteiger charge is 1.98. The fraction of sp³-hybridized carbons (Fsp3) is 0.571. The van der Waals surface area contributed by atoms with Crippen LogP contribution in [0.5, 0.6) is 0 Å². The number of nitriles is 1. The summed E-state index contributed by atoms with van der Waals surface area (Å²) in [5.74, 6) is 0. The fourth-order valence-corrected chi connectivity index (χ4v) is 1.58. The molecule has 0 bridgehead atoms. The molecule has 0 aromatic carbocycles. The molecule has 4 N–H and O–H groups in total. The monoisotopic (exact) mass is 304 g/mol. The standard InChI is InChI=1S/C7H14NP.C4H11P.C3H3N.H3N/c1-8-6-5-7-9(2,3)4;1-5(2,3)4;1-2-3-4;/h2,5-7H2,3-4H3;1H2,2-4H3;2H,1H2;1H3/p+1. The van der Waals surface area contributed by atoms with Crippen molar-refractivity contribution in [2.75, 3.05) is 46.0 Å². The molecule has 0 spiro atoms. The summed E-state index contributed by atoms with van der Waals surface area (Å²) >= 11 is 0. The lowest BCUT2D eigenvalue weighted by Gasteiger charge is -2.08. The summed E-state index contributed by atoms with van der Waals surface area (Å²) in [5, 5.41) is 7.51. The van der Waals surface area contributed by atoms with E-state index < -0.39 is 13.8 Å². The Bertz CT molecular complexity index is 366. The molecule has 0 radical (unpaired) electrons. The van der Waals surface area contributed by atoms with Crippen LogP contribution >= 0.6 is 13.8 Å². The smallest absolute Gasteiger partial charge is 0.215 e. The molecule has 0 saturated carbocycles. The third-order valence-electron chi connectivity index (χ3n) is 1.12. The van der Waals surface area contributed by atoms with Crippen LogP contribution < -0.4 is 6.15 Å². The zero-order valence-electron chi connectivity index (χ0n) is 13.6. The summed E-state index contributed by atoms with van der Waals surface area (Å²) in [7, 11) is 0. The lowest BCUT2D eigenvalue weighted by atomic mass is 10.5. The molecule has 0 saturated heterocycles. The topological polar surface area (TPSA) is 64.7 Å². The summed E-state index contributed by atoms with van der Waals surface area (Å²) in [5.41, 5.74) is 0. The minimum atomic E-state index is -0.839. The third kappa shape index (κ3) is 102. The van der Waals surface area contributed by atoms with Crippen LogP contribution in [0.3, 0.4) is 0 Å². The van der Waals surface area contributed by atoms with Gasteiger partial charge < -0.3 is 11.0 Å². The highest BCUT2D eigenvalue weighted by Crippen LogP contribution is 2.35. The average Bonchev–Trinajstić information content (AvgIpc) is 2.14. The molecule has 0 unspecified atom stereocenters. The number of nitrogens with zero attached hydrogens (tertiary/aromatic N) is 2. The van der Waals surface area contributed by atoms with Crippen molar-refractivity contribution in [3.05, 3.63) is 24.1 Å². The van der Waals surface area contributed by atoms with Gasteiger partial charge in [0.1, 0.15) is 0 Å². The van der Waals surface area contributed by atoms with Crippen molar-refractivity contribution in [1.82, 2.24) is 6.15 Å². The average molecular weight is 304 g/mol. The van der Waals surface area contributed by atoms with Crippen LogP contribution in [0.15, 0.2) is 12.7 Å². The zero-order chi connectivity index (χ0) is 15.2. The molecule has 5 heteroatoms. The van der Waals surface area contributed by atoms with Crippen LogP contribution in [-0.2, 0) is 0 Å². The van der Waals surface area contributed by atoms with E-state index in [0.29, 0.717) is 6.54 Å². The summed E-state index contributed by atoms with van der Waals surface area (Å²) in [6.07, 6.45) is 11.3. The largest absolute Gasteiger partial charge is 0.369 e. The molecular weight excluding hydrogens is 272 g/mol. The summed E-state index contributed by atoms with van der Waals surface area (Å²) in [6.45, 7) is 19.8. The molecule has 0 aromatic heterocycles. The number of allylic oxidation sites excluding steroid dienone is 1. The molecule has 0 rings (SSSR count). The number of hydrogen-bond donors (Lipinski definition) is 1. The van der Waals surface area contributed by atoms with E-state index in [9.17, 15) is 0 Å². The maximum Gasteiger partial charge on any atom is 0.215 e. The fourth-order valence-electron chi connectivity index (χ4n) is 0.578. The van der Waals surface area contributed by atoms with Crippen LogP contribution in [0.1, 0.15) is 6.42 Å². The second-order valence-corrected chi connectivity index (χ2v) is 14.4. The second-order valence-electron chi connectivity index (χ2n) is 5.52. The Morgan fingerprint density at radius 2 is 1.53 bits per heavy atom. The second kappa shape index (κ2) is 15.3. The Morgan fingerprint density at radius 1 is 1.21 bits per heavy atom. The van der Waals surface area contributed by atoms with Crippen molar-refractivity contribution in [2.24, 2.45) is 0 Å². The first-order valence-electron chi connectivity index (χ1n) is 5.65. The SMILES string of the molecule is C=CC#N.C=P(C)(C)C.[C-]#[N+]CCCP(=C)(C)C.[NH4+]. The van der Waals surface area contributed by atoms with Gasteiger partial charge in [0, 0.05) is 12.5 Å². The van der Waals surface area contributed by atoms with Crippen LogP contribution in [0.2, 0.25) is 0 Å². The van der Waals surface area contributed by atoms with Gasteiger partial charge in [0.15, 0.2) is 0 Å². The molecule has 0 amide bonds. The van der Waals surface area contributed by atoms with E-state index in [4.69, 9.17) is 11.8 Å². The minimum absolute atomic E-state index is 0. The molecule has 0 heterocycles. The summed E-state index contributed by atoms with van der Waals surface area (Å²) < 4.78 is 0. The van der Waals surface area contributed by atoms with E-state index in [-0.39, 0.29) is 6.15 Å². The van der Waals surface area contributed by atoms with Crippen molar-refractivity contribution < 1.29 is 0 Å². The van der Waals surface area contributed by atoms with Gasteiger partial charge >= 0.3 is 0 Å². The van der Waals surface area contributed by atoms with Gasteiger partial charge in [0.25, 0.3) is 0 Å². The van der Waals surface area contributed by atoms with E-state index in [2.05, 4.69) is 57.3 Å². The van der Waals surface area contributed by atoms with Gasteiger partial charge in [-0.2, -0.15) is 5.26 Å². The van der Waals surface area contributed by atoms with Gasteiger partial charge in [-0.15, -0.1) is 26.4 Å². The Morgan fingerprint density at radius 3 is 1.68 bits per heavy atom. The van der Waals surface area contributed by atoms with Crippen molar-refractivity contribution >= 4 is 26.4 Å².